The van der Waals surface area contributed by atoms with Gasteiger partial charge >= 0.3 is 0 Å². The van der Waals surface area contributed by atoms with E-state index in [1.807, 2.05) is 30.3 Å². The van der Waals surface area contributed by atoms with Crippen molar-refractivity contribution in [2.45, 2.75) is 13.0 Å². The number of nitrogens with one attached hydrogen (secondary N) is 1. The van der Waals surface area contributed by atoms with E-state index in [0.29, 0.717) is 6.54 Å². The van der Waals surface area contributed by atoms with Gasteiger partial charge in [-0.1, -0.05) is 25.1 Å². The molecule has 0 aliphatic carbocycles. The lowest BCUT2D eigenvalue weighted by Gasteiger charge is -2.13. The highest BCUT2D eigenvalue weighted by molar-refractivity contribution is 7.19. The van der Waals surface area contributed by atoms with Gasteiger partial charge in [0.25, 0.3) is 0 Å². The topological polar surface area (TPSA) is 75.4 Å². The number of carbonyl (C=O) groups is 1. The van der Waals surface area contributed by atoms with E-state index in [-0.39, 0.29) is 30.8 Å². The number of benzene rings is 1. The van der Waals surface area contributed by atoms with E-state index >= 15 is 0 Å². The van der Waals surface area contributed by atoms with Gasteiger partial charge in [-0.2, -0.15) is 0 Å². The molecule has 0 saturated heterocycles. The van der Waals surface area contributed by atoms with Crippen LogP contribution in [0.4, 0.5) is 0 Å². The lowest BCUT2D eigenvalue weighted by atomic mass is 10.1. The summed E-state index contributed by atoms with van der Waals surface area (Å²) in [6, 6.07) is 9.93. The number of aliphatic hydroxyl groups excluding tert-OH is 1. The Bertz CT molecular complexity index is 540. The van der Waals surface area contributed by atoms with Crippen LogP contribution in [-0.2, 0) is 4.79 Å². The van der Waals surface area contributed by atoms with Crippen molar-refractivity contribution in [3.05, 3.63) is 35.2 Å². The fourth-order valence-corrected chi connectivity index (χ4v) is 2.80. The summed E-state index contributed by atoms with van der Waals surface area (Å²) in [5, 5.41) is 13.9. The minimum Gasteiger partial charge on any atom is -0.386 e. The molecule has 0 spiro atoms. The van der Waals surface area contributed by atoms with Gasteiger partial charge in [-0.05, 0) is 17.5 Å². The first kappa shape index (κ1) is 16.9. The standard InChI is InChI=1S/C14H18N2O2S.ClH/c1-9(7-15)14(18)16-8-11(17)13-6-10-4-2-3-5-12(10)19-13;/h2-6,9,11,17H,7-8,15H2,1H3,(H,16,18);1H. The van der Waals surface area contributed by atoms with E-state index in [9.17, 15) is 9.90 Å². The maximum atomic E-state index is 11.6. The Morgan fingerprint density at radius 1 is 1.45 bits per heavy atom. The fourth-order valence-electron chi connectivity index (χ4n) is 1.75. The largest absolute Gasteiger partial charge is 0.386 e. The molecule has 2 aromatic rings. The molecule has 1 aromatic heterocycles. The molecule has 1 heterocycles. The van der Waals surface area contributed by atoms with Crippen molar-refractivity contribution in [1.29, 1.82) is 0 Å². The first-order chi connectivity index (χ1) is 9.11. The normalized spacial score (nSPS) is 13.6. The van der Waals surface area contributed by atoms with Gasteiger partial charge in [-0.15, -0.1) is 23.7 Å². The van der Waals surface area contributed by atoms with Crippen molar-refractivity contribution in [2.75, 3.05) is 13.1 Å². The Balaban J connectivity index is 0.00000200. The van der Waals surface area contributed by atoms with E-state index in [1.165, 1.54) is 0 Å². The molecule has 2 rings (SSSR count). The van der Waals surface area contributed by atoms with Crippen molar-refractivity contribution in [3.63, 3.8) is 0 Å². The summed E-state index contributed by atoms with van der Waals surface area (Å²) in [6.07, 6.45) is -0.675. The van der Waals surface area contributed by atoms with Crippen LogP contribution >= 0.6 is 23.7 Å². The number of hydrogen-bond donors (Lipinski definition) is 3. The molecule has 0 radical (unpaired) electrons. The van der Waals surface area contributed by atoms with E-state index in [2.05, 4.69) is 5.32 Å². The Labute approximate surface area is 128 Å². The Morgan fingerprint density at radius 3 is 2.80 bits per heavy atom. The lowest BCUT2D eigenvalue weighted by Crippen LogP contribution is -2.35. The number of hydrogen-bond acceptors (Lipinski definition) is 4. The van der Waals surface area contributed by atoms with Gasteiger partial charge in [0.2, 0.25) is 5.91 Å². The first-order valence-electron chi connectivity index (χ1n) is 6.26. The highest BCUT2D eigenvalue weighted by Gasteiger charge is 2.15. The summed E-state index contributed by atoms with van der Waals surface area (Å²) in [6.45, 7) is 2.29. The molecule has 4 nitrogen and oxygen atoms in total. The Morgan fingerprint density at radius 2 is 2.15 bits per heavy atom. The molecule has 0 fully saturated rings. The van der Waals surface area contributed by atoms with Crippen LogP contribution in [0.1, 0.15) is 17.9 Å². The highest BCUT2D eigenvalue weighted by atomic mass is 35.5. The van der Waals surface area contributed by atoms with Gasteiger partial charge in [0.05, 0.1) is 0 Å². The lowest BCUT2D eigenvalue weighted by molar-refractivity contribution is -0.124. The summed E-state index contributed by atoms with van der Waals surface area (Å²) in [4.78, 5) is 12.4. The van der Waals surface area contributed by atoms with Crippen molar-refractivity contribution >= 4 is 39.7 Å². The number of rotatable bonds is 5. The molecule has 4 N–H and O–H groups in total. The van der Waals surface area contributed by atoms with Crippen LogP contribution < -0.4 is 11.1 Å². The van der Waals surface area contributed by atoms with Gasteiger partial charge in [0, 0.05) is 28.6 Å². The fraction of sp³-hybridized carbons (Fsp3) is 0.357. The quantitative estimate of drug-likeness (QED) is 0.791. The summed E-state index contributed by atoms with van der Waals surface area (Å²) in [7, 11) is 0. The van der Waals surface area contributed by atoms with Crippen LogP contribution in [-0.4, -0.2) is 24.1 Å². The van der Waals surface area contributed by atoms with Crippen LogP contribution in [0.5, 0.6) is 0 Å². The predicted octanol–water partition coefficient (Wildman–Crippen LogP) is 2.07. The number of carbonyl (C=O) groups excluding carboxylic acids is 1. The van der Waals surface area contributed by atoms with Crippen molar-refractivity contribution < 1.29 is 9.90 Å². The molecule has 110 valence electrons. The summed E-state index contributed by atoms with van der Waals surface area (Å²) < 4.78 is 1.14. The third kappa shape index (κ3) is 3.93. The molecule has 20 heavy (non-hydrogen) atoms. The van der Waals surface area contributed by atoms with Gasteiger partial charge < -0.3 is 16.2 Å². The Kier molecular flexibility index (Phi) is 6.42. The molecule has 0 aliphatic rings. The van der Waals surface area contributed by atoms with E-state index < -0.39 is 6.10 Å². The van der Waals surface area contributed by atoms with E-state index in [4.69, 9.17) is 5.73 Å². The Hall–Kier alpha value is -1.14. The molecule has 6 heteroatoms. The van der Waals surface area contributed by atoms with Gasteiger partial charge in [-0.3, -0.25) is 4.79 Å². The molecule has 2 unspecified atom stereocenters. The van der Waals surface area contributed by atoms with Crippen LogP contribution in [0.2, 0.25) is 0 Å². The number of halogens is 1. The van der Waals surface area contributed by atoms with Crippen LogP contribution in [0, 0.1) is 5.92 Å². The monoisotopic (exact) mass is 314 g/mol. The zero-order chi connectivity index (χ0) is 13.8. The van der Waals surface area contributed by atoms with Gasteiger partial charge in [0.1, 0.15) is 6.10 Å². The molecule has 0 saturated carbocycles. The highest BCUT2D eigenvalue weighted by Crippen LogP contribution is 2.29. The third-order valence-corrected chi connectivity index (χ3v) is 4.26. The number of amides is 1. The maximum Gasteiger partial charge on any atom is 0.224 e. The molecule has 1 aromatic carbocycles. The molecule has 1 amide bonds. The molecule has 2 atom stereocenters. The first-order valence-corrected chi connectivity index (χ1v) is 7.07. The average molecular weight is 315 g/mol. The molecular weight excluding hydrogens is 296 g/mol. The second-order valence-electron chi connectivity index (χ2n) is 4.58. The number of aliphatic hydroxyl groups is 1. The average Bonchev–Trinajstić information content (AvgIpc) is 2.87. The SMILES string of the molecule is CC(CN)C(=O)NCC(O)c1cc2ccccc2s1.Cl. The van der Waals surface area contributed by atoms with E-state index in [1.54, 1.807) is 18.3 Å². The van der Waals surface area contributed by atoms with Crippen molar-refractivity contribution in [3.8, 4) is 0 Å². The minimum atomic E-state index is -0.675. The van der Waals surface area contributed by atoms with Gasteiger partial charge in [0.15, 0.2) is 0 Å². The third-order valence-electron chi connectivity index (χ3n) is 3.04. The number of fused-ring (bicyclic) bond motifs is 1. The van der Waals surface area contributed by atoms with Gasteiger partial charge in [-0.25, -0.2) is 0 Å². The summed E-state index contributed by atoms with van der Waals surface area (Å²) >= 11 is 1.55. The van der Waals surface area contributed by atoms with Crippen molar-refractivity contribution in [1.82, 2.24) is 5.32 Å². The summed E-state index contributed by atoms with van der Waals surface area (Å²) in [5.41, 5.74) is 5.42. The van der Waals surface area contributed by atoms with Crippen LogP contribution in [0.3, 0.4) is 0 Å². The number of thiophene rings is 1. The number of nitrogens with two attached hydrogens (primary N) is 1. The second-order valence-corrected chi connectivity index (χ2v) is 5.70. The molecule has 0 aliphatic heterocycles. The van der Waals surface area contributed by atoms with Crippen LogP contribution in [0.15, 0.2) is 30.3 Å². The van der Waals surface area contributed by atoms with Crippen molar-refractivity contribution in [2.24, 2.45) is 11.7 Å². The molecular formula is C14H19ClN2O2S. The van der Waals surface area contributed by atoms with Crippen LogP contribution in [0.25, 0.3) is 10.1 Å². The zero-order valence-corrected chi connectivity index (χ0v) is 12.8. The van der Waals surface area contributed by atoms with E-state index in [0.717, 1.165) is 15.0 Å². The zero-order valence-electron chi connectivity index (χ0n) is 11.2. The smallest absolute Gasteiger partial charge is 0.224 e. The minimum absolute atomic E-state index is 0. The predicted molar refractivity (Wildman–Crippen MR) is 85.3 cm³/mol. The maximum absolute atomic E-state index is 11.6. The molecule has 0 bridgehead atoms. The second kappa shape index (κ2) is 7.59. The summed E-state index contributed by atoms with van der Waals surface area (Å²) in [5.74, 6) is -0.350.